The number of rotatable bonds is 3. The maximum Gasteiger partial charge on any atom is 0.185 e. The summed E-state index contributed by atoms with van der Waals surface area (Å²) < 4.78 is 52.9. The molecule has 1 N–H and O–H groups in total. The minimum absolute atomic E-state index is 0.212. The molecule has 6 heteroatoms. The van der Waals surface area contributed by atoms with Gasteiger partial charge < -0.3 is 10.2 Å². The molecule has 1 aliphatic heterocycles. The highest BCUT2D eigenvalue weighted by atomic mass is 19.2. The van der Waals surface area contributed by atoms with Crippen LogP contribution in [0, 0.1) is 29.2 Å². The van der Waals surface area contributed by atoms with Gasteiger partial charge in [0.15, 0.2) is 23.3 Å². The van der Waals surface area contributed by atoms with Crippen LogP contribution in [0.1, 0.15) is 12.8 Å². The Kier molecular flexibility index (Phi) is 4.29. The zero-order valence-corrected chi connectivity index (χ0v) is 10.6. The number of hydrogen-bond donors (Lipinski definition) is 1. The Morgan fingerprint density at radius 2 is 1.84 bits per heavy atom. The first-order valence-electron chi connectivity index (χ1n) is 6.24. The molecule has 1 aromatic rings. The average molecular weight is 276 g/mol. The van der Waals surface area contributed by atoms with Crippen molar-refractivity contribution in [2.45, 2.75) is 12.8 Å². The van der Waals surface area contributed by atoms with Gasteiger partial charge in [0.1, 0.15) is 5.69 Å². The van der Waals surface area contributed by atoms with Gasteiger partial charge in [0.25, 0.3) is 0 Å². The Labute approximate surface area is 109 Å². The van der Waals surface area contributed by atoms with E-state index in [-0.39, 0.29) is 12.0 Å². The van der Waals surface area contributed by atoms with Gasteiger partial charge in [-0.2, -0.15) is 0 Å². The lowest BCUT2D eigenvalue weighted by Crippen LogP contribution is -2.35. The third-order valence-corrected chi connectivity index (χ3v) is 3.40. The van der Waals surface area contributed by atoms with Crippen molar-refractivity contribution in [3.05, 3.63) is 29.3 Å². The second-order valence-corrected chi connectivity index (χ2v) is 4.99. The number of hydrogen-bond acceptors (Lipinski definition) is 2. The second-order valence-electron chi connectivity index (χ2n) is 4.99. The molecule has 1 atom stereocenters. The average Bonchev–Trinajstić information content (AvgIpc) is 2.36. The lowest BCUT2D eigenvalue weighted by molar-refractivity contribution is 0.217. The van der Waals surface area contributed by atoms with Crippen molar-refractivity contribution < 1.29 is 17.6 Å². The van der Waals surface area contributed by atoms with Crippen LogP contribution in [0.25, 0.3) is 0 Å². The predicted molar refractivity (Wildman–Crippen MR) is 65.0 cm³/mol. The zero-order valence-electron chi connectivity index (χ0n) is 10.6. The van der Waals surface area contributed by atoms with Crippen LogP contribution < -0.4 is 5.32 Å². The van der Waals surface area contributed by atoms with Crippen LogP contribution in [-0.4, -0.2) is 31.6 Å². The third-order valence-electron chi connectivity index (χ3n) is 3.40. The van der Waals surface area contributed by atoms with E-state index in [1.807, 2.05) is 7.05 Å². The monoisotopic (exact) mass is 276 g/mol. The molecule has 19 heavy (non-hydrogen) atoms. The van der Waals surface area contributed by atoms with Gasteiger partial charge in [0.05, 0.1) is 0 Å². The van der Waals surface area contributed by atoms with Crippen LogP contribution in [-0.2, 0) is 0 Å². The van der Waals surface area contributed by atoms with Gasteiger partial charge in [-0.05, 0) is 32.4 Å². The number of benzene rings is 1. The number of halogens is 4. The van der Waals surface area contributed by atoms with Crippen molar-refractivity contribution >= 4 is 5.69 Å². The molecule has 0 saturated carbocycles. The number of anilines is 1. The standard InChI is InChI=1S/C13H16F4N2/c1-19-4-2-3-8(7-19)6-18-13-11(16)9(14)5-10(15)12(13)17/h5,8,18H,2-4,6-7H2,1H3. The molecule has 1 saturated heterocycles. The molecule has 0 aromatic heterocycles. The molecule has 0 aliphatic carbocycles. The van der Waals surface area contributed by atoms with Crippen molar-refractivity contribution in [3.63, 3.8) is 0 Å². The normalized spacial score (nSPS) is 20.6. The van der Waals surface area contributed by atoms with Crippen molar-refractivity contribution in [1.29, 1.82) is 0 Å². The summed E-state index contributed by atoms with van der Waals surface area (Å²) in [6.45, 7) is 2.09. The van der Waals surface area contributed by atoms with E-state index < -0.39 is 29.0 Å². The molecule has 0 spiro atoms. The summed E-state index contributed by atoms with van der Waals surface area (Å²) in [6.07, 6.45) is 1.93. The van der Waals surface area contributed by atoms with E-state index in [1.54, 1.807) is 0 Å². The van der Waals surface area contributed by atoms with Gasteiger partial charge in [-0.3, -0.25) is 0 Å². The second kappa shape index (κ2) is 5.77. The first-order valence-corrected chi connectivity index (χ1v) is 6.24. The third kappa shape index (κ3) is 3.18. The Hall–Kier alpha value is -1.30. The first kappa shape index (κ1) is 14.1. The molecule has 1 aliphatic rings. The molecule has 0 bridgehead atoms. The van der Waals surface area contributed by atoms with E-state index in [0.717, 1.165) is 25.9 Å². The van der Waals surface area contributed by atoms with E-state index in [2.05, 4.69) is 10.2 Å². The fourth-order valence-electron chi connectivity index (χ4n) is 2.41. The van der Waals surface area contributed by atoms with Crippen LogP contribution in [0.4, 0.5) is 23.2 Å². The molecule has 1 unspecified atom stereocenters. The zero-order chi connectivity index (χ0) is 14.0. The van der Waals surface area contributed by atoms with Crippen LogP contribution in [0.15, 0.2) is 6.07 Å². The highest BCUT2D eigenvalue weighted by Gasteiger charge is 2.21. The van der Waals surface area contributed by atoms with Crippen molar-refractivity contribution in [2.75, 3.05) is 32.0 Å². The highest BCUT2D eigenvalue weighted by Crippen LogP contribution is 2.25. The number of nitrogens with zero attached hydrogens (tertiary/aromatic N) is 1. The number of likely N-dealkylation sites (tertiary alicyclic amines) is 1. The van der Waals surface area contributed by atoms with E-state index in [4.69, 9.17) is 0 Å². The molecule has 1 fully saturated rings. The van der Waals surface area contributed by atoms with Crippen LogP contribution in [0.5, 0.6) is 0 Å². The summed E-state index contributed by atoms with van der Waals surface area (Å²) in [5.74, 6) is -5.31. The lowest BCUT2D eigenvalue weighted by atomic mass is 9.98. The lowest BCUT2D eigenvalue weighted by Gasteiger charge is -2.30. The molecule has 2 rings (SSSR count). The fourth-order valence-corrected chi connectivity index (χ4v) is 2.41. The van der Waals surface area contributed by atoms with Crippen molar-refractivity contribution in [1.82, 2.24) is 4.90 Å². The van der Waals surface area contributed by atoms with Crippen LogP contribution in [0.3, 0.4) is 0 Å². The smallest absolute Gasteiger partial charge is 0.185 e. The van der Waals surface area contributed by atoms with E-state index >= 15 is 0 Å². The van der Waals surface area contributed by atoms with Gasteiger partial charge in [-0.1, -0.05) is 0 Å². The summed E-state index contributed by atoms with van der Waals surface area (Å²) in [5, 5.41) is 2.50. The SMILES string of the molecule is CN1CCCC(CNc2c(F)c(F)cc(F)c2F)C1. The largest absolute Gasteiger partial charge is 0.380 e. The quantitative estimate of drug-likeness (QED) is 0.674. The molecule has 106 valence electrons. The molecule has 0 radical (unpaired) electrons. The Bertz CT molecular complexity index is 438. The molecule has 2 nitrogen and oxygen atoms in total. The van der Waals surface area contributed by atoms with Crippen molar-refractivity contribution in [3.8, 4) is 0 Å². The molecule has 0 amide bonds. The maximum atomic E-state index is 13.4. The van der Waals surface area contributed by atoms with E-state index in [1.165, 1.54) is 0 Å². The minimum Gasteiger partial charge on any atom is -0.380 e. The van der Waals surface area contributed by atoms with Gasteiger partial charge >= 0.3 is 0 Å². The highest BCUT2D eigenvalue weighted by molar-refractivity contribution is 5.47. The van der Waals surface area contributed by atoms with E-state index in [0.29, 0.717) is 6.54 Å². The summed E-state index contributed by atoms with van der Waals surface area (Å²) in [4.78, 5) is 2.12. The summed E-state index contributed by atoms with van der Waals surface area (Å²) >= 11 is 0. The Morgan fingerprint density at radius 3 is 2.42 bits per heavy atom. The molecular formula is C13H16F4N2. The van der Waals surface area contributed by atoms with Crippen LogP contribution in [0.2, 0.25) is 0 Å². The fraction of sp³-hybridized carbons (Fsp3) is 0.538. The van der Waals surface area contributed by atoms with E-state index in [9.17, 15) is 17.6 Å². The molecule has 1 heterocycles. The summed E-state index contributed by atoms with van der Waals surface area (Å²) in [7, 11) is 1.97. The predicted octanol–water partition coefficient (Wildman–Crippen LogP) is 3.00. The minimum atomic E-state index is -1.39. The Balaban J connectivity index is 2.07. The Morgan fingerprint density at radius 1 is 1.21 bits per heavy atom. The number of piperidine rings is 1. The molecule has 1 aromatic carbocycles. The van der Waals surface area contributed by atoms with Crippen LogP contribution >= 0.6 is 0 Å². The van der Waals surface area contributed by atoms with Gasteiger partial charge in [-0.15, -0.1) is 0 Å². The van der Waals surface area contributed by atoms with Gasteiger partial charge in [0.2, 0.25) is 0 Å². The first-order chi connectivity index (χ1) is 8.99. The van der Waals surface area contributed by atoms with Crippen molar-refractivity contribution in [2.24, 2.45) is 5.92 Å². The topological polar surface area (TPSA) is 15.3 Å². The summed E-state index contributed by atoms with van der Waals surface area (Å²) in [5.41, 5.74) is -0.717. The maximum absolute atomic E-state index is 13.4. The summed E-state index contributed by atoms with van der Waals surface area (Å²) in [6, 6.07) is 0.213. The number of nitrogens with one attached hydrogen (secondary N) is 1. The van der Waals surface area contributed by atoms with Gasteiger partial charge in [-0.25, -0.2) is 17.6 Å². The van der Waals surface area contributed by atoms with Gasteiger partial charge in [0, 0.05) is 19.2 Å². The molecular weight excluding hydrogens is 260 g/mol.